The van der Waals surface area contributed by atoms with Crippen molar-refractivity contribution in [2.24, 2.45) is 0 Å². The van der Waals surface area contributed by atoms with Gasteiger partial charge in [0.1, 0.15) is 0 Å². The summed E-state index contributed by atoms with van der Waals surface area (Å²) in [6.07, 6.45) is 0. The first-order valence-corrected chi connectivity index (χ1v) is 8.07. The standard InChI is InChI=1S/C10H16N2O2S2/c1-7(2)10-12-8(5-15-10)9-6-16(13,14)4-3-11-9/h5,7,9,11H,3-4,6H2,1-2H3. The van der Waals surface area contributed by atoms with Crippen LogP contribution in [-0.2, 0) is 9.84 Å². The molecule has 16 heavy (non-hydrogen) atoms. The molecular formula is C10H16N2O2S2. The minimum Gasteiger partial charge on any atom is -0.307 e. The summed E-state index contributed by atoms with van der Waals surface area (Å²) in [5.41, 5.74) is 0.872. The molecule has 1 aromatic rings. The van der Waals surface area contributed by atoms with E-state index in [2.05, 4.69) is 24.1 Å². The Labute approximate surface area is 100 Å². The van der Waals surface area contributed by atoms with Gasteiger partial charge in [0.25, 0.3) is 0 Å². The maximum atomic E-state index is 11.5. The molecule has 90 valence electrons. The van der Waals surface area contributed by atoms with Gasteiger partial charge in [0.2, 0.25) is 0 Å². The zero-order valence-electron chi connectivity index (χ0n) is 9.43. The third kappa shape index (κ3) is 2.61. The summed E-state index contributed by atoms with van der Waals surface area (Å²) >= 11 is 1.61. The maximum Gasteiger partial charge on any atom is 0.153 e. The van der Waals surface area contributed by atoms with Gasteiger partial charge in [-0.3, -0.25) is 0 Å². The predicted octanol–water partition coefficient (Wildman–Crippen LogP) is 1.33. The van der Waals surface area contributed by atoms with E-state index in [1.165, 1.54) is 0 Å². The molecule has 1 N–H and O–H groups in total. The highest BCUT2D eigenvalue weighted by atomic mass is 32.2. The molecule has 2 heterocycles. The Hall–Kier alpha value is -0.460. The molecule has 0 spiro atoms. The Morgan fingerprint density at radius 2 is 2.31 bits per heavy atom. The van der Waals surface area contributed by atoms with Crippen LogP contribution in [0.4, 0.5) is 0 Å². The molecule has 1 aromatic heterocycles. The molecule has 0 saturated carbocycles. The monoisotopic (exact) mass is 260 g/mol. The van der Waals surface area contributed by atoms with Crippen LogP contribution in [-0.4, -0.2) is 31.5 Å². The number of hydrogen-bond donors (Lipinski definition) is 1. The largest absolute Gasteiger partial charge is 0.307 e. The number of sulfone groups is 1. The van der Waals surface area contributed by atoms with Crippen LogP contribution in [0.5, 0.6) is 0 Å². The summed E-state index contributed by atoms with van der Waals surface area (Å²) < 4.78 is 23.0. The summed E-state index contributed by atoms with van der Waals surface area (Å²) in [6.45, 7) is 4.71. The zero-order chi connectivity index (χ0) is 11.8. The molecule has 0 aliphatic carbocycles. The van der Waals surface area contributed by atoms with Crippen LogP contribution >= 0.6 is 11.3 Å². The van der Waals surface area contributed by atoms with Gasteiger partial charge < -0.3 is 5.32 Å². The maximum absolute atomic E-state index is 11.5. The summed E-state index contributed by atoms with van der Waals surface area (Å²) in [7, 11) is -2.89. The molecular weight excluding hydrogens is 244 g/mol. The number of hydrogen-bond acceptors (Lipinski definition) is 5. The molecule has 1 fully saturated rings. The molecule has 0 radical (unpaired) electrons. The van der Waals surface area contributed by atoms with Gasteiger partial charge in [0, 0.05) is 17.8 Å². The van der Waals surface area contributed by atoms with Gasteiger partial charge in [0.15, 0.2) is 9.84 Å². The van der Waals surface area contributed by atoms with Crippen LogP contribution in [0.15, 0.2) is 5.38 Å². The quantitative estimate of drug-likeness (QED) is 0.871. The van der Waals surface area contributed by atoms with Crippen LogP contribution < -0.4 is 5.32 Å². The molecule has 0 amide bonds. The van der Waals surface area contributed by atoms with Gasteiger partial charge >= 0.3 is 0 Å². The lowest BCUT2D eigenvalue weighted by Crippen LogP contribution is -2.39. The van der Waals surface area contributed by atoms with E-state index in [0.717, 1.165) is 10.7 Å². The second-order valence-corrected chi connectivity index (χ2v) is 7.50. The first-order chi connectivity index (χ1) is 7.48. The Morgan fingerprint density at radius 3 is 2.88 bits per heavy atom. The minimum absolute atomic E-state index is 0.123. The first kappa shape index (κ1) is 12.0. The minimum atomic E-state index is -2.89. The molecule has 1 aliphatic rings. The molecule has 1 aliphatic heterocycles. The third-order valence-electron chi connectivity index (χ3n) is 2.62. The highest BCUT2D eigenvalue weighted by Crippen LogP contribution is 2.24. The molecule has 1 atom stereocenters. The fourth-order valence-electron chi connectivity index (χ4n) is 1.70. The number of nitrogens with zero attached hydrogens (tertiary/aromatic N) is 1. The van der Waals surface area contributed by atoms with Crippen LogP contribution in [0.2, 0.25) is 0 Å². The lowest BCUT2D eigenvalue weighted by atomic mass is 10.2. The second-order valence-electron chi connectivity index (χ2n) is 4.39. The molecule has 2 rings (SSSR count). The Kier molecular flexibility index (Phi) is 3.32. The molecule has 0 bridgehead atoms. The van der Waals surface area contributed by atoms with Crippen molar-refractivity contribution >= 4 is 21.2 Å². The van der Waals surface area contributed by atoms with Crippen molar-refractivity contribution in [2.75, 3.05) is 18.1 Å². The van der Waals surface area contributed by atoms with Gasteiger partial charge in [-0.2, -0.15) is 0 Å². The van der Waals surface area contributed by atoms with Gasteiger partial charge in [-0.1, -0.05) is 13.8 Å². The van der Waals surface area contributed by atoms with Crippen molar-refractivity contribution in [1.82, 2.24) is 10.3 Å². The first-order valence-electron chi connectivity index (χ1n) is 5.37. The molecule has 1 unspecified atom stereocenters. The number of nitrogens with one attached hydrogen (secondary N) is 1. The van der Waals surface area contributed by atoms with Crippen LogP contribution in [0.1, 0.15) is 36.5 Å². The summed E-state index contributed by atoms with van der Waals surface area (Å²) in [5.74, 6) is 0.817. The van der Waals surface area contributed by atoms with Crippen molar-refractivity contribution in [3.63, 3.8) is 0 Å². The van der Waals surface area contributed by atoms with Crippen LogP contribution in [0.3, 0.4) is 0 Å². The fourth-order valence-corrected chi connectivity index (χ4v) is 3.98. The van der Waals surface area contributed by atoms with E-state index >= 15 is 0 Å². The molecule has 0 aromatic carbocycles. The average Bonchev–Trinajstić information content (AvgIpc) is 2.64. The highest BCUT2D eigenvalue weighted by molar-refractivity contribution is 7.91. The van der Waals surface area contributed by atoms with E-state index in [-0.39, 0.29) is 17.5 Å². The lowest BCUT2D eigenvalue weighted by molar-refractivity contribution is 0.524. The predicted molar refractivity (Wildman–Crippen MR) is 65.6 cm³/mol. The Bertz CT molecular complexity index is 465. The van der Waals surface area contributed by atoms with E-state index in [0.29, 0.717) is 12.5 Å². The third-order valence-corrected chi connectivity index (χ3v) is 5.45. The number of thiazole rings is 1. The van der Waals surface area contributed by atoms with Gasteiger partial charge in [-0.05, 0) is 0 Å². The van der Waals surface area contributed by atoms with Gasteiger partial charge in [0.05, 0.1) is 28.2 Å². The molecule has 1 saturated heterocycles. The SMILES string of the molecule is CC(C)c1nc(C2CS(=O)(=O)CCN2)cs1. The molecule has 4 nitrogen and oxygen atoms in total. The van der Waals surface area contributed by atoms with Crippen LogP contribution in [0.25, 0.3) is 0 Å². The molecule has 6 heteroatoms. The fraction of sp³-hybridized carbons (Fsp3) is 0.700. The normalized spacial score (nSPS) is 24.8. The Balaban J connectivity index is 2.17. The summed E-state index contributed by atoms with van der Waals surface area (Å²) in [4.78, 5) is 4.49. The van der Waals surface area contributed by atoms with Crippen LogP contribution in [0, 0.1) is 0 Å². The summed E-state index contributed by atoms with van der Waals surface area (Å²) in [6, 6.07) is -0.123. The van der Waals surface area contributed by atoms with E-state index in [9.17, 15) is 8.42 Å². The smallest absolute Gasteiger partial charge is 0.153 e. The van der Waals surface area contributed by atoms with Crippen molar-refractivity contribution in [3.8, 4) is 0 Å². The van der Waals surface area contributed by atoms with Gasteiger partial charge in [-0.15, -0.1) is 11.3 Å². The van der Waals surface area contributed by atoms with Crippen molar-refractivity contribution in [1.29, 1.82) is 0 Å². The lowest BCUT2D eigenvalue weighted by Gasteiger charge is -2.21. The highest BCUT2D eigenvalue weighted by Gasteiger charge is 2.27. The van der Waals surface area contributed by atoms with E-state index in [1.807, 2.05) is 5.38 Å². The Morgan fingerprint density at radius 1 is 1.56 bits per heavy atom. The average molecular weight is 260 g/mol. The topological polar surface area (TPSA) is 59.1 Å². The van der Waals surface area contributed by atoms with Crippen molar-refractivity contribution in [3.05, 3.63) is 16.1 Å². The van der Waals surface area contributed by atoms with E-state index in [1.54, 1.807) is 11.3 Å². The van der Waals surface area contributed by atoms with E-state index in [4.69, 9.17) is 0 Å². The van der Waals surface area contributed by atoms with Crippen molar-refractivity contribution in [2.45, 2.75) is 25.8 Å². The van der Waals surface area contributed by atoms with Gasteiger partial charge in [-0.25, -0.2) is 13.4 Å². The zero-order valence-corrected chi connectivity index (χ0v) is 11.1. The van der Waals surface area contributed by atoms with Crippen molar-refractivity contribution < 1.29 is 8.42 Å². The second kappa shape index (κ2) is 4.43. The number of rotatable bonds is 2. The number of aromatic nitrogens is 1. The van der Waals surface area contributed by atoms with E-state index < -0.39 is 9.84 Å². The summed E-state index contributed by atoms with van der Waals surface area (Å²) in [5, 5.41) is 6.24.